The number of rotatable bonds is 9. The second kappa shape index (κ2) is 10.4. The Morgan fingerprint density at radius 3 is 2.87 bits per heavy atom. The molecule has 30 heavy (non-hydrogen) atoms. The Balaban J connectivity index is 1.76. The lowest BCUT2D eigenvalue weighted by Crippen LogP contribution is -2.47. The van der Waals surface area contributed by atoms with Gasteiger partial charge in [-0.1, -0.05) is 11.8 Å². The van der Waals surface area contributed by atoms with Crippen LogP contribution >= 0.6 is 11.8 Å². The van der Waals surface area contributed by atoms with Gasteiger partial charge in [-0.2, -0.15) is 13.2 Å². The summed E-state index contributed by atoms with van der Waals surface area (Å²) in [6.07, 6.45) is -2.48. The zero-order valence-corrected chi connectivity index (χ0v) is 16.4. The predicted molar refractivity (Wildman–Crippen MR) is 101 cm³/mol. The quantitative estimate of drug-likeness (QED) is 0.249. The Labute approximate surface area is 173 Å². The molecule has 1 aliphatic heterocycles. The third-order valence-electron chi connectivity index (χ3n) is 4.10. The number of aromatic nitrogens is 1. The molecule has 0 saturated carbocycles. The number of unbranched alkanes of at least 4 members (excludes halogenated alkanes) is 1. The molecule has 2 atom stereocenters. The number of esters is 1. The summed E-state index contributed by atoms with van der Waals surface area (Å²) in [5.41, 5.74) is 4.33. The Bertz CT molecular complexity index is 782. The van der Waals surface area contributed by atoms with Gasteiger partial charge in [-0.25, -0.2) is 9.78 Å². The van der Waals surface area contributed by atoms with E-state index in [2.05, 4.69) is 15.0 Å². The highest BCUT2D eigenvalue weighted by Crippen LogP contribution is 2.28. The lowest BCUT2D eigenvalue weighted by molar-refractivity contribution is -0.384. The minimum atomic E-state index is -5.14. The van der Waals surface area contributed by atoms with Gasteiger partial charge in [0.05, 0.1) is 11.0 Å². The maximum Gasteiger partial charge on any atom is 0.491 e. The zero-order valence-electron chi connectivity index (χ0n) is 15.6. The van der Waals surface area contributed by atoms with E-state index in [-0.39, 0.29) is 24.5 Å². The molecule has 0 spiro atoms. The topological polar surface area (TPSA) is 141 Å². The van der Waals surface area contributed by atoms with Crippen molar-refractivity contribution in [2.75, 3.05) is 24.2 Å². The van der Waals surface area contributed by atoms with Gasteiger partial charge >= 0.3 is 17.8 Å². The van der Waals surface area contributed by atoms with Crippen LogP contribution in [0.25, 0.3) is 0 Å². The Morgan fingerprint density at radius 1 is 1.47 bits per heavy atom. The van der Waals surface area contributed by atoms with Crippen LogP contribution in [-0.4, -0.2) is 63.3 Å². The number of hydrogen-bond acceptors (Lipinski definition) is 9. The molecule has 1 fully saturated rings. The molecule has 10 nitrogen and oxygen atoms in total. The summed E-state index contributed by atoms with van der Waals surface area (Å²) in [7, 11) is 0. The number of nitrogens with zero attached hydrogens (tertiary/aromatic N) is 3. The number of carbonyl (C=O) groups excluding carboxylic acids is 2. The molecule has 2 rings (SSSR count). The lowest BCUT2D eigenvalue weighted by Gasteiger charge is -2.26. The van der Waals surface area contributed by atoms with E-state index in [0.717, 1.165) is 16.7 Å². The number of pyridine rings is 1. The molecule has 1 amide bonds. The Morgan fingerprint density at radius 2 is 2.20 bits per heavy atom. The van der Waals surface area contributed by atoms with Gasteiger partial charge in [-0.05, 0) is 25.3 Å². The van der Waals surface area contributed by atoms with Crippen molar-refractivity contribution in [3.8, 4) is 0 Å². The molecule has 14 heteroatoms. The standard InChI is InChI=1S/C16H20F3N5O5S/c17-16(18,19)14(26)29-15-23(8-9-30-15)13(25)10(20)4-1-2-6-21-12-11(24(27)28)5-3-7-22-12/h3,5,7,10,15H,1-2,4,6,8-9,20H2,(H,21,22). The van der Waals surface area contributed by atoms with Crippen LogP contribution in [0.1, 0.15) is 19.3 Å². The number of nitrogens with one attached hydrogen (secondary N) is 1. The van der Waals surface area contributed by atoms with Gasteiger partial charge in [0, 0.05) is 31.1 Å². The summed E-state index contributed by atoms with van der Waals surface area (Å²) in [4.78, 5) is 38.7. The van der Waals surface area contributed by atoms with Crippen molar-refractivity contribution in [3.05, 3.63) is 28.4 Å². The van der Waals surface area contributed by atoms with Crippen LogP contribution in [0.3, 0.4) is 0 Å². The van der Waals surface area contributed by atoms with Crippen LogP contribution in [0.2, 0.25) is 0 Å². The minimum absolute atomic E-state index is 0.123. The molecule has 1 aromatic rings. The largest absolute Gasteiger partial charge is 0.491 e. The number of alkyl halides is 3. The molecule has 0 radical (unpaired) electrons. The highest BCUT2D eigenvalue weighted by atomic mass is 32.2. The highest BCUT2D eigenvalue weighted by Gasteiger charge is 2.45. The van der Waals surface area contributed by atoms with Crippen molar-refractivity contribution in [3.63, 3.8) is 0 Å². The molecule has 2 unspecified atom stereocenters. The van der Waals surface area contributed by atoms with Crippen LogP contribution in [0, 0.1) is 10.1 Å². The van der Waals surface area contributed by atoms with E-state index in [1.54, 1.807) is 0 Å². The van der Waals surface area contributed by atoms with Crippen molar-refractivity contribution in [1.29, 1.82) is 0 Å². The summed E-state index contributed by atoms with van der Waals surface area (Å²) in [5.74, 6) is -2.51. The Hall–Kier alpha value is -2.61. The van der Waals surface area contributed by atoms with E-state index < -0.39 is 34.6 Å². The van der Waals surface area contributed by atoms with Gasteiger partial charge in [0.2, 0.25) is 17.3 Å². The van der Waals surface area contributed by atoms with Crippen LogP contribution < -0.4 is 11.1 Å². The van der Waals surface area contributed by atoms with Gasteiger partial charge in [0.1, 0.15) is 0 Å². The van der Waals surface area contributed by atoms with Gasteiger partial charge < -0.3 is 15.8 Å². The summed E-state index contributed by atoms with van der Waals surface area (Å²) in [6.45, 7) is 0.474. The predicted octanol–water partition coefficient (Wildman–Crippen LogP) is 1.86. The van der Waals surface area contributed by atoms with E-state index in [1.807, 2.05) is 0 Å². The van der Waals surface area contributed by atoms with Gasteiger partial charge in [-0.15, -0.1) is 0 Å². The maximum atomic E-state index is 12.4. The van der Waals surface area contributed by atoms with E-state index in [0.29, 0.717) is 25.1 Å². The van der Waals surface area contributed by atoms with Crippen molar-refractivity contribution in [1.82, 2.24) is 9.88 Å². The summed E-state index contributed by atoms with van der Waals surface area (Å²) in [6, 6.07) is 1.80. The van der Waals surface area contributed by atoms with Crippen LogP contribution in [0.5, 0.6) is 0 Å². The molecule has 166 valence electrons. The molecule has 2 heterocycles. The maximum absolute atomic E-state index is 12.4. The number of ether oxygens (including phenoxy) is 1. The van der Waals surface area contributed by atoms with Crippen LogP contribution in [-0.2, 0) is 14.3 Å². The number of nitrogens with two attached hydrogens (primary N) is 1. The minimum Gasteiger partial charge on any atom is -0.425 e. The molecule has 1 saturated heterocycles. The normalized spacial score (nSPS) is 17.5. The monoisotopic (exact) mass is 451 g/mol. The van der Waals surface area contributed by atoms with Crippen LogP contribution in [0.15, 0.2) is 18.3 Å². The zero-order chi connectivity index (χ0) is 22.3. The molecule has 0 bridgehead atoms. The highest BCUT2D eigenvalue weighted by molar-refractivity contribution is 8.00. The van der Waals surface area contributed by atoms with E-state index >= 15 is 0 Å². The second-order valence-electron chi connectivity index (χ2n) is 6.27. The first-order valence-corrected chi connectivity index (χ1v) is 9.95. The number of carbonyl (C=O) groups is 2. The molecule has 1 aliphatic rings. The molecular formula is C16H20F3N5O5S. The second-order valence-corrected chi connectivity index (χ2v) is 7.41. The average Bonchev–Trinajstić information content (AvgIpc) is 3.14. The number of halogens is 3. The Kier molecular flexibility index (Phi) is 8.23. The van der Waals surface area contributed by atoms with Crippen molar-refractivity contribution >= 4 is 35.1 Å². The summed E-state index contributed by atoms with van der Waals surface area (Å²) < 4.78 is 41.4. The summed E-state index contributed by atoms with van der Waals surface area (Å²) in [5, 5.41) is 13.8. The van der Waals surface area contributed by atoms with Crippen molar-refractivity contribution in [2.24, 2.45) is 5.73 Å². The average molecular weight is 451 g/mol. The molecule has 0 aliphatic carbocycles. The fourth-order valence-electron chi connectivity index (χ4n) is 2.63. The van der Waals surface area contributed by atoms with E-state index in [9.17, 15) is 32.9 Å². The fraction of sp³-hybridized carbons (Fsp3) is 0.562. The number of nitro groups is 1. The third kappa shape index (κ3) is 6.45. The number of hydrogen-bond donors (Lipinski definition) is 2. The lowest BCUT2D eigenvalue weighted by atomic mass is 10.1. The third-order valence-corrected chi connectivity index (χ3v) is 5.16. The summed E-state index contributed by atoms with van der Waals surface area (Å²) >= 11 is 0.908. The SMILES string of the molecule is NC(CCCCNc1ncccc1[N+](=O)[O-])C(=O)N1CCSC1OC(=O)C(F)(F)F. The van der Waals surface area contributed by atoms with Gasteiger partial charge in [-0.3, -0.25) is 19.8 Å². The van der Waals surface area contributed by atoms with E-state index in [1.165, 1.54) is 18.3 Å². The van der Waals surface area contributed by atoms with E-state index in [4.69, 9.17) is 5.73 Å². The first-order valence-electron chi connectivity index (χ1n) is 8.90. The molecule has 1 aromatic heterocycles. The first kappa shape index (κ1) is 23.7. The molecule has 3 N–H and O–H groups in total. The number of thioether (sulfide) groups is 1. The van der Waals surface area contributed by atoms with Crippen molar-refractivity contribution < 1.29 is 32.4 Å². The van der Waals surface area contributed by atoms with Gasteiger partial charge in [0.15, 0.2) is 0 Å². The smallest absolute Gasteiger partial charge is 0.425 e. The molecular weight excluding hydrogens is 431 g/mol. The van der Waals surface area contributed by atoms with Crippen molar-refractivity contribution in [2.45, 2.75) is 37.0 Å². The first-order chi connectivity index (χ1) is 14.1. The number of anilines is 1. The fourth-order valence-corrected chi connectivity index (χ4v) is 3.68. The number of amides is 1. The molecule has 0 aromatic carbocycles. The van der Waals surface area contributed by atoms with Crippen LogP contribution in [0.4, 0.5) is 24.7 Å². The van der Waals surface area contributed by atoms with Gasteiger partial charge in [0.25, 0.3) is 0 Å².